The summed E-state index contributed by atoms with van der Waals surface area (Å²) in [5.41, 5.74) is 2.08. The van der Waals surface area contributed by atoms with E-state index in [9.17, 15) is 0 Å². The molecular formula is C14H19Cl4N2. The summed E-state index contributed by atoms with van der Waals surface area (Å²) < 4.78 is 0. The van der Waals surface area contributed by atoms with Crippen LogP contribution < -0.4 is 9.80 Å². The highest BCUT2D eigenvalue weighted by atomic mass is 35.5. The normalized spacial score (nSPS) is 10.6. The van der Waals surface area contributed by atoms with Crippen LogP contribution in [0.5, 0.6) is 0 Å². The molecule has 1 aromatic rings. The Balaban J connectivity index is 3.04. The van der Waals surface area contributed by atoms with E-state index in [4.69, 9.17) is 46.4 Å². The highest BCUT2D eigenvalue weighted by Gasteiger charge is 2.15. The lowest BCUT2D eigenvalue weighted by molar-refractivity contribution is 0.839. The van der Waals surface area contributed by atoms with Gasteiger partial charge in [0, 0.05) is 55.8 Å². The van der Waals surface area contributed by atoms with E-state index < -0.39 is 0 Å². The molecule has 0 bridgehead atoms. The third-order valence-corrected chi connectivity index (χ3v) is 3.56. The van der Waals surface area contributed by atoms with Crippen molar-refractivity contribution in [3.05, 3.63) is 24.3 Å². The van der Waals surface area contributed by atoms with Crippen LogP contribution in [0.4, 0.5) is 11.4 Å². The van der Waals surface area contributed by atoms with Crippen LogP contribution in [0.2, 0.25) is 0 Å². The zero-order valence-corrected chi connectivity index (χ0v) is 14.3. The monoisotopic (exact) mass is 355 g/mol. The Kier molecular flexibility index (Phi) is 9.62. The summed E-state index contributed by atoms with van der Waals surface area (Å²) in [5.74, 6) is 2.20. The lowest BCUT2D eigenvalue weighted by Crippen LogP contribution is -2.33. The first kappa shape index (κ1) is 18.0. The molecule has 0 aliphatic rings. The van der Waals surface area contributed by atoms with E-state index in [1.54, 1.807) is 0 Å². The third-order valence-electron chi connectivity index (χ3n) is 2.89. The molecule has 1 radical (unpaired) electrons. The van der Waals surface area contributed by atoms with Crippen molar-refractivity contribution >= 4 is 57.8 Å². The molecule has 0 atom stereocenters. The first-order chi connectivity index (χ1) is 9.78. The highest BCUT2D eigenvalue weighted by molar-refractivity contribution is 6.19. The number of alkyl halides is 4. The molecule has 0 aliphatic heterocycles. The van der Waals surface area contributed by atoms with Crippen LogP contribution in [0.15, 0.2) is 18.2 Å². The minimum Gasteiger partial charge on any atom is -0.367 e. The number of benzene rings is 1. The van der Waals surface area contributed by atoms with Crippen LogP contribution in [0, 0.1) is 6.07 Å². The number of anilines is 2. The molecule has 20 heavy (non-hydrogen) atoms. The van der Waals surface area contributed by atoms with Gasteiger partial charge in [-0.3, -0.25) is 0 Å². The fourth-order valence-corrected chi connectivity index (χ4v) is 2.84. The van der Waals surface area contributed by atoms with Gasteiger partial charge in [0.05, 0.1) is 11.4 Å². The zero-order valence-electron chi connectivity index (χ0n) is 11.3. The first-order valence-electron chi connectivity index (χ1n) is 6.53. The topological polar surface area (TPSA) is 6.48 Å². The SMILES string of the molecule is ClCCN(CCCl)c1[c]cccc1N(CCCl)CCCl. The molecule has 2 nitrogen and oxygen atoms in total. The van der Waals surface area contributed by atoms with Crippen LogP contribution in [0.1, 0.15) is 0 Å². The molecule has 0 unspecified atom stereocenters. The molecule has 0 saturated carbocycles. The highest BCUT2D eigenvalue weighted by Crippen LogP contribution is 2.29. The number of nitrogens with zero attached hydrogens (tertiary/aromatic N) is 2. The van der Waals surface area contributed by atoms with E-state index in [2.05, 4.69) is 21.9 Å². The van der Waals surface area contributed by atoms with E-state index in [1.807, 2.05) is 12.1 Å². The summed E-state index contributed by atoms with van der Waals surface area (Å²) in [6.45, 7) is 2.96. The van der Waals surface area contributed by atoms with Gasteiger partial charge in [0.1, 0.15) is 0 Å². The zero-order chi connectivity index (χ0) is 14.8. The maximum atomic E-state index is 5.89. The van der Waals surface area contributed by atoms with Crippen molar-refractivity contribution in [1.29, 1.82) is 0 Å². The Morgan fingerprint density at radius 1 is 0.800 bits per heavy atom. The van der Waals surface area contributed by atoms with Crippen molar-refractivity contribution in [2.24, 2.45) is 0 Å². The predicted molar refractivity (Wildman–Crippen MR) is 92.6 cm³/mol. The Bertz CT molecular complexity index is 329. The summed E-state index contributed by atoms with van der Waals surface area (Å²) >= 11 is 23.5. The van der Waals surface area contributed by atoms with Gasteiger partial charge in [-0.15, -0.1) is 46.4 Å². The molecule has 0 amide bonds. The van der Waals surface area contributed by atoms with Gasteiger partial charge in [0.25, 0.3) is 0 Å². The van der Waals surface area contributed by atoms with Gasteiger partial charge in [-0.05, 0) is 6.07 Å². The van der Waals surface area contributed by atoms with Gasteiger partial charge in [0.15, 0.2) is 0 Å². The minimum absolute atomic E-state index is 0.546. The number of halogens is 4. The maximum Gasteiger partial charge on any atom is 0.0685 e. The van der Waals surface area contributed by atoms with E-state index in [1.165, 1.54) is 0 Å². The lowest BCUT2D eigenvalue weighted by Gasteiger charge is -2.31. The van der Waals surface area contributed by atoms with Crippen molar-refractivity contribution in [2.45, 2.75) is 0 Å². The molecule has 0 fully saturated rings. The van der Waals surface area contributed by atoms with Crippen molar-refractivity contribution in [1.82, 2.24) is 0 Å². The minimum atomic E-state index is 0.546. The summed E-state index contributed by atoms with van der Waals surface area (Å²) in [5, 5.41) is 0. The molecule has 0 saturated heterocycles. The van der Waals surface area contributed by atoms with Crippen LogP contribution in [-0.4, -0.2) is 49.7 Å². The molecule has 0 aromatic heterocycles. The van der Waals surface area contributed by atoms with Gasteiger partial charge in [-0.25, -0.2) is 0 Å². The summed E-state index contributed by atoms with van der Waals surface area (Å²) in [7, 11) is 0. The largest absolute Gasteiger partial charge is 0.367 e. The molecule has 6 heteroatoms. The van der Waals surface area contributed by atoms with Gasteiger partial charge >= 0.3 is 0 Å². The molecule has 0 aliphatic carbocycles. The van der Waals surface area contributed by atoms with Crippen LogP contribution in [0.25, 0.3) is 0 Å². The van der Waals surface area contributed by atoms with E-state index in [0.717, 1.165) is 37.6 Å². The smallest absolute Gasteiger partial charge is 0.0685 e. The molecular weight excluding hydrogens is 338 g/mol. The first-order valence-corrected chi connectivity index (χ1v) is 8.66. The van der Waals surface area contributed by atoms with Crippen molar-refractivity contribution in [3.8, 4) is 0 Å². The van der Waals surface area contributed by atoms with Crippen molar-refractivity contribution < 1.29 is 0 Å². The number of hydrogen-bond acceptors (Lipinski definition) is 2. The average Bonchev–Trinajstić information content (AvgIpc) is 2.47. The predicted octanol–water partition coefficient (Wildman–Crippen LogP) is 4.05. The average molecular weight is 357 g/mol. The Morgan fingerprint density at radius 3 is 1.80 bits per heavy atom. The molecule has 0 spiro atoms. The second-order valence-electron chi connectivity index (χ2n) is 4.13. The van der Waals surface area contributed by atoms with Gasteiger partial charge < -0.3 is 9.80 Å². The second-order valence-corrected chi connectivity index (χ2v) is 5.65. The van der Waals surface area contributed by atoms with E-state index >= 15 is 0 Å². The Hall–Kier alpha value is -0.0200. The van der Waals surface area contributed by atoms with E-state index in [-0.39, 0.29) is 0 Å². The third kappa shape index (κ3) is 5.40. The number of rotatable bonds is 10. The number of hydrogen-bond donors (Lipinski definition) is 0. The molecule has 113 valence electrons. The summed E-state index contributed by atoms with van der Waals surface area (Å²) in [6, 6.07) is 9.20. The standard InChI is InChI=1S/C14H19Cl4N2/c15-5-9-19(10-6-16)13-3-1-2-4-14(13)20(11-7-17)12-8-18/h1-3H,5-12H2. The van der Waals surface area contributed by atoms with Crippen LogP contribution >= 0.6 is 46.4 Å². The quantitative estimate of drug-likeness (QED) is 0.583. The Morgan fingerprint density at radius 2 is 1.30 bits per heavy atom. The summed E-state index contributed by atoms with van der Waals surface area (Å²) in [6.07, 6.45) is 0. The fraction of sp³-hybridized carbons (Fsp3) is 0.571. The van der Waals surface area contributed by atoms with Crippen molar-refractivity contribution in [2.75, 3.05) is 59.5 Å². The lowest BCUT2D eigenvalue weighted by atomic mass is 10.2. The summed E-state index contributed by atoms with van der Waals surface area (Å²) in [4.78, 5) is 4.31. The van der Waals surface area contributed by atoms with Crippen LogP contribution in [-0.2, 0) is 0 Å². The van der Waals surface area contributed by atoms with Gasteiger partial charge in [0.2, 0.25) is 0 Å². The molecule has 0 heterocycles. The second kappa shape index (κ2) is 10.7. The number of para-hydroxylation sites is 1. The fourth-order valence-electron chi connectivity index (χ4n) is 2.02. The van der Waals surface area contributed by atoms with Crippen LogP contribution in [0.3, 0.4) is 0 Å². The maximum absolute atomic E-state index is 5.89. The van der Waals surface area contributed by atoms with E-state index in [0.29, 0.717) is 23.5 Å². The van der Waals surface area contributed by atoms with Gasteiger partial charge in [-0.2, -0.15) is 0 Å². The van der Waals surface area contributed by atoms with Crippen molar-refractivity contribution in [3.63, 3.8) is 0 Å². The molecule has 0 N–H and O–H groups in total. The Labute approximate surface area is 141 Å². The molecule has 1 aromatic carbocycles. The molecule has 1 rings (SSSR count). The van der Waals surface area contributed by atoms with Gasteiger partial charge in [-0.1, -0.05) is 12.1 Å².